The maximum absolute atomic E-state index is 13.1. The van der Waals surface area contributed by atoms with E-state index in [1.165, 1.54) is 11.8 Å². The number of carbonyl (C=O) groups is 1. The van der Waals surface area contributed by atoms with Crippen molar-refractivity contribution in [2.45, 2.75) is 23.0 Å². The maximum atomic E-state index is 13.1. The van der Waals surface area contributed by atoms with Crippen molar-refractivity contribution in [2.24, 2.45) is 0 Å². The quantitative estimate of drug-likeness (QED) is 0.471. The lowest BCUT2D eigenvalue weighted by Gasteiger charge is -2.33. The van der Waals surface area contributed by atoms with Gasteiger partial charge in [-0.25, -0.2) is 4.68 Å². The Hall–Kier alpha value is -3.23. The van der Waals surface area contributed by atoms with Crippen molar-refractivity contribution < 1.29 is 9.21 Å². The molecule has 0 spiro atoms. The largest absolute Gasteiger partial charge is 0.467 e. The summed E-state index contributed by atoms with van der Waals surface area (Å²) in [7, 11) is 0. The van der Waals surface area contributed by atoms with Gasteiger partial charge in [0.2, 0.25) is 11.1 Å². The first-order valence-electron chi connectivity index (χ1n) is 9.68. The van der Waals surface area contributed by atoms with Crippen LogP contribution < -0.4 is 10.7 Å². The van der Waals surface area contributed by atoms with Crippen LogP contribution in [-0.4, -0.2) is 26.0 Å². The summed E-state index contributed by atoms with van der Waals surface area (Å²) < 4.78 is 7.17. The average Bonchev–Trinajstić information content (AvgIpc) is 3.47. The zero-order valence-corrected chi connectivity index (χ0v) is 17.8. The number of amides is 1. The van der Waals surface area contributed by atoms with Crippen molar-refractivity contribution in [3.63, 3.8) is 0 Å². The molecule has 3 heterocycles. The Morgan fingerprint density at radius 3 is 2.65 bits per heavy atom. The van der Waals surface area contributed by atoms with Gasteiger partial charge < -0.3 is 15.2 Å². The van der Waals surface area contributed by atoms with Gasteiger partial charge in [-0.2, -0.15) is 0 Å². The van der Waals surface area contributed by atoms with Gasteiger partial charge in [0.25, 0.3) is 0 Å². The minimum atomic E-state index is -0.462. The van der Waals surface area contributed by atoms with Crippen molar-refractivity contribution in [1.82, 2.24) is 20.2 Å². The number of thioether (sulfide) groups is 1. The fourth-order valence-electron chi connectivity index (χ4n) is 3.44. The van der Waals surface area contributed by atoms with E-state index in [1.54, 1.807) is 12.3 Å². The summed E-state index contributed by atoms with van der Waals surface area (Å²) in [6.07, 6.45) is 1.59. The first-order valence-corrected chi connectivity index (χ1v) is 10.9. The second-order valence-corrected chi connectivity index (χ2v) is 8.55. The van der Waals surface area contributed by atoms with Gasteiger partial charge >= 0.3 is 0 Å². The van der Waals surface area contributed by atoms with Crippen LogP contribution in [0.15, 0.2) is 82.6 Å². The summed E-state index contributed by atoms with van der Waals surface area (Å²) in [6, 6.07) is 20.6. The maximum Gasteiger partial charge on any atom is 0.236 e. The number of nitrogens with one attached hydrogen (secondary N) is 2. The van der Waals surface area contributed by atoms with Crippen LogP contribution in [0, 0.1) is 0 Å². The Balaban J connectivity index is 1.47. The number of halogens is 1. The third-order valence-corrected chi connectivity index (χ3v) is 6.44. The van der Waals surface area contributed by atoms with Crippen LogP contribution in [0.4, 0.5) is 0 Å². The molecule has 1 amide bonds. The molecule has 5 rings (SSSR count). The van der Waals surface area contributed by atoms with E-state index in [0.29, 0.717) is 28.3 Å². The third-order valence-electron chi connectivity index (χ3n) is 4.97. The summed E-state index contributed by atoms with van der Waals surface area (Å²) in [5.41, 5.74) is 5.32. The van der Waals surface area contributed by atoms with E-state index in [0.717, 1.165) is 11.1 Å². The molecule has 1 aliphatic rings. The number of rotatable bonds is 5. The fraction of sp³-hybridized carbons (Fsp3) is 0.136. The molecule has 156 valence electrons. The first-order chi connectivity index (χ1) is 15.2. The lowest BCUT2D eigenvalue weighted by atomic mass is 10.0. The number of benzene rings is 2. The number of nitrogens with zero attached hydrogens (tertiary/aromatic N) is 3. The minimum absolute atomic E-state index is 0.121. The van der Waals surface area contributed by atoms with Crippen LogP contribution in [-0.2, 0) is 11.3 Å². The highest BCUT2D eigenvalue weighted by Crippen LogP contribution is 2.38. The molecule has 2 N–H and O–H groups in total. The molecule has 0 bridgehead atoms. The topological polar surface area (TPSA) is 85.0 Å². The van der Waals surface area contributed by atoms with E-state index in [-0.39, 0.29) is 11.9 Å². The number of hydrogen-bond donors (Lipinski definition) is 2. The molecule has 2 atom stereocenters. The smallest absolute Gasteiger partial charge is 0.236 e. The Bertz CT molecular complexity index is 1180. The van der Waals surface area contributed by atoms with Crippen LogP contribution in [0.1, 0.15) is 17.4 Å². The zero-order chi connectivity index (χ0) is 21.2. The number of carbonyl (C=O) groups excluding carboxylic acids is 1. The molecule has 31 heavy (non-hydrogen) atoms. The van der Waals surface area contributed by atoms with E-state index < -0.39 is 5.25 Å². The fourth-order valence-corrected chi connectivity index (χ4v) is 4.67. The number of hydrogen-bond acceptors (Lipinski definition) is 6. The van der Waals surface area contributed by atoms with Gasteiger partial charge in [0, 0.05) is 10.6 Å². The lowest BCUT2D eigenvalue weighted by molar-refractivity contribution is -0.121. The minimum Gasteiger partial charge on any atom is -0.467 e. The predicted octanol–water partition coefficient (Wildman–Crippen LogP) is 4.27. The van der Waals surface area contributed by atoms with E-state index in [9.17, 15) is 4.79 Å². The Morgan fingerprint density at radius 2 is 1.90 bits per heavy atom. The van der Waals surface area contributed by atoms with Crippen molar-refractivity contribution >= 4 is 29.3 Å². The Kier molecular flexibility index (Phi) is 5.40. The van der Waals surface area contributed by atoms with Gasteiger partial charge in [0.1, 0.15) is 11.0 Å². The average molecular weight is 452 g/mol. The van der Waals surface area contributed by atoms with Crippen LogP contribution in [0.5, 0.6) is 0 Å². The molecule has 9 heteroatoms. The Labute approximate surface area is 187 Å². The number of furan rings is 1. The molecule has 1 aliphatic heterocycles. The monoisotopic (exact) mass is 451 g/mol. The summed E-state index contributed by atoms with van der Waals surface area (Å²) >= 11 is 7.46. The molecule has 0 fully saturated rings. The molecule has 0 saturated carbocycles. The molecule has 7 nitrogen and oxygen atoms in total. The van der Waals surface area contributed by atoms with Gasteiger partial charge in [-0.15, -0.1) is 10.2 Å². The highest BCUT2D eigenvalue weighted by molar-refractivity contribution is 8.00. The Morgan fingerprint density at radius 1 is 1.10 bits per heavy atom. The van der Waals surface area contributed by atoms with Crippen LogP contribution >= 0.6 is 23.4 Å². The predicted molar refractivity (Wildman–Crippen MR) is 119 cm³/mol. The van der Waals surface area contributed by atoms with Gasteiger partial charge in [0.15, 0.2) is 5.82 Å². The standard InChI is InChI=1S/C22H18ClN5O2S/c23-16-10-8-14(9-11-16)18-19(21(29)24-13-17-7-4-12-30-17)31-22-26-25-20(28(22)27-18)15-5-2-1-3-6-15/h1-12,18-19,27H,13H2,(H,24,29)/t18-,19-/m0/s1. The highest BCUT2D eigenvalue weighted by Gasteiger charge is 2.38. The summed E-state index contributed by atoms with van der Waals surface area (Å²) in [5.74, 6) is 1.26. The normalized spacial score (nSPS) is 17.6. The molecule has 2 aromatic heterocycles. The van der Waals surface area contributed by atoms with E-state index in [2.05, 4.69) is 20.9 Å². The SMILES string of the molecule is O=C(NCc1ccco1)[C@H]1Sc2nnc(-c3ccccc3)n2N[C@H]1c1ccc(Cl)cc1. The third kappa shape index (κ3) is 4.04. The number of fused-ring (bicyclic) bond motifs is 1. The van der Waals surface area contributed by atoms with E-state index in [1.807, 2.05) is 65.3 Å². The number of aromatic nitrogens is 3. The van der Waals surface area contributed by atoms with E-state index in [4.69, 9.17) is 16.0 Å². The van der Waals surface area contributed by atoms with Gasteiger partial charge in [-0.1, -0.05) is 65.8 Å². The molecule has 4 aromatic rings. The van der Waals surface area contributed by atoms with Crippen LogP contribution in [0.25, 0.3) is 11.4 Å². The van der Waals surface area contributed by atoms with Crippen molar-refractivity contribution in [2.75, 3.05) is 5.43 Å². The molecule has 0 radical (unpaired) electrons. The lowest BCUT2D eigenvalue weighted by Crippen LogP contribution is -2.43. The van der Waals surface area contributed by atoms with Crippen molar-refractivity contribution in [1.29, 1.82) is 0 Å². The molecular weight excluding hydrogens is 434 g/mol. The molecular formula is C22H18ClN5O2S. The van der Waals surface area contributed by atoms with Gasteiger partial charge in [-0.05, 0) is 29.8 Å². The van der Waals surface area contributed by atoms with Gasteiger partial charge in [-0.3, -0.25) is 4.79 Å². The summed E-state index contributed by atoms with van der Waals surface area (Å²) in [4.78, 5) is 13.1. The van der Waals surface area contributed by atoms with Crippen molar-refractivity contribution in [3.05, 3.63) is 89.3 Å². The first kappa shape index (κ1) is 19.7. The molecule has 2 aromatic carbocycles. The van der Waals surface area contributed by atoms with E-state index >= 15 is 0 Å². The highest BCUT2D eigenvalue weighted by atomic mass is 35.5. The second kappa shape index (κ2) is 8.49. The van der Waals surface area contributed by atoms with Crippen LogP contribution in [0.3, 0.4) is 0 Å². The molecule has 0 aliphatic carbocycles. The summed E-state index contributed by atoms with van der Waals surface area (Å²) in [5, 5.41) is 12.4. The second-order valence-electron chi connectivity index (χ2n) is 7.00. The van der Waals surface area contributed by atoms with Crippen LogP contribution in [0.2, 0.25) is 5.02 Å². The van der Waals surface area contributed by atoms with Crippen molar-refractivity contribution in [3.8, 4) is 11.4 Å². The molecule has 0 saturated heterocycles. The molecule has 0 unspecified atom stereocenters. The summed E-state index contributed by atoms with van der Waals surface area (Å²) in [6.45, 7) is 0.318. The van der Waals surface area contributed by atoms with Gasteiger partial charge in [0.05, 0.1) is 18.8 Å². The zero-order valence-electron chi connectivity index (χ0n) is 16.2.